The van der Waals surface area contributed by atoms with Crippen LogP contribution in [-0.2, 0) is 13.0 Å². The lowest BCUT2D eigenvalue weighted by Gasteiger charge is -2.26. The Bertz CT molecular complexity index is 565. The van der Waals surface area contributed by atoms with Crippen LogP contribution in [0.1, 0.15) is 35.6 Å². The smallest absolute Gasteiger partial charge is 0.120 e. The van der Waals surface area contributed by atoms with E-state index in [1.54, 1.807) is 6.07 Å². The minimum absolute atomic E-state index is 0.374. The van der Waals surface area contributed by atoms with Gasteiger partial charge in [0.05, 0.1) is 0 Å². The number of aromatic hydroxyl groups is 1. The summed E-state index contributed by atoms with van der Waals surface area (Å²) in [5, 5.41) is 13.4. The molecule has 98 valence electrons. The van der Waals surface area contributed by atoms with Gasteiger partial charge in [-0.3, -0.25) is 0 Å². The Hall–Kier alpha value is -1.80. The van der Waals surface area contributed by atoms with Gasteiger partial charge in [-0.2, -0.15) is 0 Å². The minimum atomic E-state index is 0.374. The number of para-hydroxylation sites is 1. The average Bonchev–Trinajstić information content (AvgIpc) is 2.46. The van der Waals surface area contributed by atoms with E-state index in [1.807, 2.05) is 18.2 Å². The molecule has 0 saturated heterocycles. The summed E-state index contributed by atoms with van der Waals surface area (Å²) in [5.74, 6) is 0.374. The van der Waals surface area contributed by atoms with Gasteiger partial charge in [-0.05, 0) is 36.5 Å². The van der Waals surface area contributed by atoms with Crippen molar-refractivity contribution in [3.8, 4) is 5.75 Å². The molecule has 2 N–H and O–H groups in total. The van der Waals surface area contributed by atoms with Crippen molar-refractivity contribution in [2.75, 3.05) is 0 Å². The van der Waals surface area contributed by atoms with Gasteiger partial charge in [0.25, 0.3) is 0 Å². The number of hydrogen-bond donors (Lipinski definition) is 2. The van der Waals surface area contributed by atoms with E-state index in [2.05, 4.69) is 29.6 Å². The number of nitrogens with one attached hydrogen (secondary N) is 1. The molecule has 1 aliphatic rings. The van der Waals surface area contributed by atoms with E-state index in [9.17, 15) is 5.11 Å². The van der Waals surface area contributed by atoms with Gasteiger partial charge in [0.2, 0.25) is 0 Å². The van der Waals surface area contributed by atoms with Crippen molar-refractivity contribution in [3.63, 3.8) is 0 Å². The highest BCUT2D eigenvalue weighted by molar-refractivity contribution is 5.34. The number of hydrogen-bond acceptors (Lipinski definition) is 2. The molecule has 19 heavy (non-hydrogen) atoms. The topological polar surface area (TPSA) is 32.3 Å². The Morgan fingerprint density at radius 1 is 1.05 bits per heavy atom. The number of fused-ring (bicyclic) bond motifs is 1. The summed E-state index contributed by atoms with van der Waals surface area (Å²) in [7, 11) is 0. The Morgan fingerprint density at radius 3 is 2.74 bits per heavy atom. The Labute approximate surface area is 114 Å². The fourth-order valence-corrected chi connectivity index (χ4v) is 2.86. The summed E-state index contributed by atoms with van der Waals surface area (Å²) in [5.41, 5.74) is 3.85. The van der Waals surface area contributed by atoms with Gasteiger partial charge in [-0.1, -0.05) is 42.5 Å². The predicted octanol–water partition coefficient (Wildman–Crippen LogP) is 3.56. The SMILES string of the molecule is Oc1ccccc1CN[C@@H]1CCCc2ccccc21. The van der Waals surface area contributed by atoms with Gasteiger partial charge in [0, 0.05) is 18.2 Å². The second kappa shape index (κ2) is 5.45. The molecule has 0 radical (unpaired) electrons. The zero-order valence-corrected chi connectivity index (χ0v) is 11.0. The van der Waals surface area contributed by atoms with Crippen LogP contribution < -0.4 is 5.32 Å². The monoisotopic (exact) mass is 253 g/mol. The summed E-state index contributed by atoms with van der Waals surface area (Å²) in [6.45, 7) is 0.714. The van der Waals surface area contributed by atoms with Crippen LogP contribution in [0, 0.1) is 0 Å². The van der Waals surface area contributed by atoms with Gasteiger partial charge < -0.3 is 10.4 Å². The van der Waals surface area contributed by atoms with Crippen molar-refractivity contribution in [3.05, 3.63) is 65.2 Å². The summed E-state index contributed by atoms with van der Waals surface area (Å²) in [6, 6.07) is 16.6. The largest absolute Gasteiger partial charge is 0.508 e. The van der Waals surface area contributed by atoms with Crippen LogP contribution in [0.5, 0.6) is 5.75 Å². The Balaban J connectivity index is 1.73. The molecule has 0 aliphatic heterocycles. The molecule has 0 bridgehead atoms. The molecule has 2 heteroatoms. The molecule has 0 aromatic heterocycles. The third kappa shape index (κ3) is 2.64. The predicted molar refractivity (Wildman–Crippen MR) is 77.1 cm³/mol. The molecule has 2 aromatic carbocycles. The zero-order valence-electron chi connectivity index (χ0n) is 11.0. The van der Waals surface area contributed by atoms with Crippen molar-refractivity contribution in [1.82, 2.24) is 5.32 Å². The molecule has 2 nitrogen and oxygen atoms in total. The van der Waals surface area contributed by atoms with E-state index in [1.165, 1.54) is 30.4 Å². The third-order valence-corrected chi connectivity index (χ3v) is 3.90. The number of phenols is 1. The highest BCUT2D eigenvalue weighted by atomic mass is 16.3. The first-order valence-electron chi connectivity index (χ1n) is 6.92. The quantitative estimate of drug-likeness (QED) is 0.876. The van der Waals surface area contributed by atoms with Crippen LogP contribution in [0.3, 0.4) is 0 Å². The van der Waals surface area contributed by atoms with Crippen molar-refractivity contribution >= 4 is 0 Å². The molecule has 1 atom stereocenters. The van der Waals surface area contributed by atoms with Gasteiger partial charge in [0.15, 0.2) is 0 Å². The normalized spacial score (nSPS) is 18.0. The van der Waals surface area contributed by atoms with Crippen molar-refractivity contribution < 1.29 is 5.11 Å². The van der Waals surface area contributed by atoms with Gasteiger partial charge in [0.1, 0.15) is 5.75 Å². The first kappa shape index (κ1) is 12.2. The maximum Gasteiger partial charge on any atom is 0.120 e. The van der Waals surface area contributed by atoms with Crippen molar-refractivity contribution in [2.24, 2.45) is 0 Å². The van der Waals surface area contributed by atoms with Gasteiger partial charge in [-0.15, -0.1) is 0 Å². The molecule has 0 spiro atoms. The summed E-state index contributed by atoms with van der Waals surface area (Å²) in [4.78, 5) is 0. The van der Waals surface area contributed by atoms with Crippen LogP contribution >= 0.6 is 0 Å². The standard InChI is InChI=1S/C17H19NO/c19-17-11-4-2-7-14(17)12-18-16-10-5-8-13-6-1-3-9-15(13)16/h1-4,6-7,9,11,16,18-19H,5,8,10,12H2/t16-/m1/s1. The van der Waals surface area contributed by atoms with E-state index in [-0.39, 0.29) is 0 Å². The zero-order chi connectivity index (χ0) is 13.1. The lowest BCUT2D eigenvalue weighted by Crippen LogP contribution is -2.24. The first-order chi connectivity index (χ1) is 9.34. The van der Waals surface area contributed by atoms with Gasteiger partial charge >= 0.3 is 0 Å². The molecule has 0 fully saturated rings. The molecular formula is C17H19NO. The number of phenolic OH excluding ortho intramolecular Hbond substituents is 1. The van der Waals surface area contributed by atoms with E-state index in [4.69, 9.17) is 0 Å². The molecule has 2 aromatic rings. The molecule has 3 rings (SSSR count). The number of benzene rings is 2. The lowest BCUT2D eigenvalue weighted by atomic mass is 9.87. The number of aryl methyl sites for hydroxylation is 1. The van der Waals surface area contributed by atoms with Crippen LogP contribution in [0.2, 0.25) is 0 Å². The second-order valence-corrected chi connectivity index (χ2v) is 5.15. The highest BCUT2D eigenvalue weighted by Crippen LogP contribution is 2.30. The van der Waals surface area contributed by atoms with E-state index in [0.717, 1.165) is 5.56 Å². The maximum atomic E-state index is 9.80. The first-order valence-corrected chi connectivity index (χ1v) is 6.92. The van der Waals surface area contributed by atoms with E-state index >= 15 is 0 Å². The highest BCUT2D eigenvalue weighted by Gasteiger charge is 2.19. The number of rotatable bonds is 3. The Kier molecular flexibility index (Phi) is 3.51. The molecular weight excluding hydrogens is 234 g/mol. The lowest BCUT2D eigenvalue weighted by molar-refractivity contribution is 0.438. The summed E-state index contributed by atoms with van der Waals surface area (Å²) >= 11 is 0. The van der Waals surface area contributed by atoms with E-state index in [0.29, 0.717) is 18.3 Å². The third-order valence-electron chi connectivity index (χ3n) is 3.90. The Morgan fingerprint density at radius 2 is 1.84 bits per heavy atom. The molecule has 1 aliphatic carbocycles. The molecule has 0 amide bonds. The summed E-state index contributed by atoms with van der Waals surface area (Å²) < 4.78 is 0. The van der Waals surface area contributed by atoms with Gasteiger partial charge in [-0.25, -0.2) is 0 Å². The fourth-order valence-electron chi connectivity index (χ4n) is 2.86. The fraction of sp³-hybridized carbons (Fsp3) is 0.294. The van der Waals surface area contributed by atoms with Crippen LogP contribution in [0.15, 0.2) is 48.5 Å². The molecule has 0 heterocycles. The summed E-state index contributed by atoms with van der Waals surface area (Å²) in [6.07, 6.45) is 3.59. The molecule has 0 unspecified atom stereocenters. The minimum Gasteiger partial charge on any atom is -0.508 e. The maximum absolute atomic E-state index is 9.80. The average molecular weight is 253 g/mol. The second-order valence-electron chi connectivity index (χ2n) is 5.15. The van der Waals surface area contributed by atoms with E-state index < -0.39 is 0 Å². The van der Waals surface area contributed by atoms with Crippen molar-refractivity contribution in [2.45, 2.75) is 31.8 Å². The van der Waals surface area contributed by atoms with Crippen LogP contribution in [0.4, 0.5) is 0 Å². The molecule has 0 saturated carbocycles. The van der Waals surface area contributed by atoms with Crippen LogP contribution in [0.25, 0.3) is 0 Å². The van der Waals surface area contributed by atoms with Crippen LogP contribution in [-0.4, -0.2) is 5.11 Å². The van der Waals surface area contributed by atoms with Crippen molar-refractivity contribution in [1.29, 1.82) is 0 Å².